The fraction of sp³-hybridized carbons (Fsp3) is 0.333. The molecule has 0 atom stereocenters. The summed E-state index contributed by atoms with van der Waals surface area (Å²) in [5.41, 5.74) is 7.36. The lowest BCUT2D eigenvalue weighted by Gasteiger charge is -2.26. The summed E-state index contributed by atoms with van der Waals surface area (Å²) in [6.07, 6.45) is 0.597. The smallest absolute Gasteiger partial charge is 0.405 e. The van der Waals surface area contributed by atoms with Gasteiger partial charge < -0.3 is 21.1 Å². The number of nitro benzene ring substituents is 1. The Morgan fingerprint density at radius 1 is 1.05 bits per heavy atom. The molecule has 0 aliphatic heterocycles. The van der Waals surface area contributed by atoms with E-state index in [-0.39, 0.29) is 35.5 Å². The van der Waals surface area contributed by atoms with E-state index in [4.69, 9.17) is 5.73 Å². The third kappa shape index (κ3) is 8.31. The second-order valence-electron chi connectivity index (χ2n) is 9.18. The highest BCUT2D eigenvalue weighted by Crippen LogP contribution is 2.27. The van der Waals surface area contributed by atoms with Gasteiger partial charge in [-0.3, -0.25) is 10.1 Å². The standard InChI is InChI=1S/C27H27F3N6O3/c28-27(29,30)39-24-4-2-1-3-20(24)16-33-26-34-17-21(10-5-18-8-13-23(14-9-18)36(37)38)25(35-26)32-15-19-6-11-22(31)12-7-19/h1-4,8-9,13-14,17,19,22H,6-7,11-12,15-16,31H2,(H2,32,33,34,35). The minimum absolute atomic E-state index is 0.0000268. The number of para-hydroxylation sites is 1. The zero-order chi connectivity index (χ0) is 27.8. The molecular weight excluding hydrogens is 513 g/mol. The first-order valence-electron chi connectivity index (χ1n) is 12.4. The van der Waals surface area contributed by atoms with Crippen molar-refractivity contribution in [1.29, 1.82) is 0 Å². The molecule has 1 saturated carbocycles. The number of aromatic nitrogens is 2. The molecule has 4 rings (SSSR count). The van der Waals surface area contributed by atoms with Crippen LogP contribution >= 0.6 is 0 Å². The van der Waals surface area contributed by atoms with Crippen LogP contribution in [0.3, 0.4) is 0 Å². The molecule has 4 N–H and O–H groups in total. The molecule has 1 aliphatic rings. The van der Waals surface area contributed by atoms with Gasteiger partial charge in [0.2, 0.25) is 5.95 Å². The number of non-ortho nitro benzene ring substituents is 1. The van der Waals surface area contributed by atoms with Crippen molar-refractivity contribution in [3.05, 3.63) is 81.5 Å². The van der Waals surface area contributed by atoms with Crippen molar-refractivity contribution in [2.45, 2.75) is 44.6 Å². The van der Waals surface area contributed by atoms with E-state index in [1.54, 1.807) is 18.2 Å². The van der Waals surface area contributed by atoms with Crippen LogP contribution in [-0.2, 0) is 6.54 Å². The normalized spacial score (nSPS) is 17.0. The van der Waals surface area contributed by atoms with Crippen LogP contribution in [0.1, 0.15) is 42.4 Å². The molecule has 3 aromatic rings. The van der Waals surface area contributed by atoms with Gasteiger partial charge in [-0.1, -0.05) is 30.0 Å². The van der Waals surface area contributed by atoms with Crippen molar-refractivity contribution in [2.75, 3.05) is 17.2 Å². The molecule has 1 fully saturated rings. The van der Waals surface area contributed by atoms with E-state index in [1.165, 1.54) is 36.5 Å². The van der Waals surface area contributed by atoms with Gasteiger partial charge in [-0.2, -0.15) is 4.98 Å². The Kier molecular flexibility index (Phi) is 8.83. The first-order valence-corrected chi connectivity index (χ1v) is 12.4. The van der Waals surface area contributed by atoms with E-state index < -0.39 is 11.3 Å². The maximum Gasteiger partial charge on any atom is 0.573 e. The van der Waals surface area contributed by atoms with Crippen molar-refractivity contribution < 1.29 is 22.8 Å². The molecular formula is C27H27F3N6O3. The topological polar surface area (TPSA) is 128 Å². The second kappa shape index (κ2) is 12.4. The number of nitro groups is 1. The van der Waals surface area contributed by atoms with Gasteiger partial charge in [-0.15, -0.1) is 13.2 Å². The first kappa shape index (κ1) is 27.7. The summed E-state index contributed by atoms with van der Waals surface area (Å²) >= 11 is 0. The van der Waals surface area contributed by atoms with Crippen LogP contribution in [0.5, 0.6) is 5.75 Å². The van der Waals surface area contributed by atoms with Crippen molar-refractivity contribution in [1.82, 2.24) is 9.97 Å². The third-order valence-electron chi connectivity index (χ3n) is 6.29. The molecule has 0 saturated heterocycles. The first-order chi connectivity index (χ1) is 18.7. The van der Waals surface area contributed by atoms with Crippen LogP contribution in [0.4, 0.5) is 30.6 Å². The van der Waals surface area contributed by atoms with Crippen LogP contribution in [0, 0.1) is 27.9 Å². The molecule has 0 spiro atoms. The zero-order valence-electron chi connectivity index (χ0n) is 20.9. The largest absolute Gasteiger partial charge is 0.573 e. The molecule has 1 aromatic heterocycles. The number of rotatable bonds is 8. The van der Waals surface area contributed by atoms with Crippen molar-refractivity contribution >= 4 is 17.5 Å². The summed E-state index contributed by atoms with van der Waals surface area (Å²) in [6, 6.07) is 11.9. The Hall–Kier alpha value is -4.37. The van der Waals surface area contributed by atoms with Gasteiger partial charge >= 0.3 is 6.36 Å². The fourth-order valence-electron chi connectivity index (χ4n) is 4.18. The van der Waals surface area contributed by atoms with E-state index in [1.807, 2.05) is 0 Å². The van der Waals surface area contributed by atoms with Crippen LogP contribution < -0.4 is 21.1 Å². The summed E-state index contributed by atoms with van der Waals surface area (Å²) in [4.78, 5) is 19.2. The molecule has 0 amide bonds. The van der Waals surface area contributed by atoms with Gasteiger partial charge in [0.15, 0.2) is 0 Å². The maximum atomic E-state index is 12.8. The number of hydrogen-bond donors (Lipinski definition) is 3. The molecule has 0 bridgehead atoms. The average Bonchev–Trinajstić information content (AvgIpc) is 2.91. The highest BCUT2D eigenvalue weighted by atomic mass is 19.4. The van der Waals surface area contributed by atoms with Crippen LogP contribution in [0.15, 0.2) is 54.7 Å². The summed E-state index contributed by atoms with van der Waals surface area (Å²) in [5, 5.41) is 17.2. The minimum atomic E-state index is -4.81. The summed E-state index contributed by atoms with van der Waals surface area (Å²) in [6.45, 7) is 0.650. The summed E-state index contributed by atoms with van der Waals surface area (Å²) < 4.78 is 42.4. The Morgan fingerprint density at radius 2 is 1.77 bits per heavy atom. The molecule has 204 valence electrons. The van der Waals surface area contributed by atoms with Crippen LogP contribution in [0.25, 0.3) is 0 Å². The van der Waals surface area contributed by atoms with E-state index in [2.05, 4.69) is 37.2 Å². The van der Waals surface area contributed by atoms with Gasteiger partial charge in [-0.25, -0.2) is 4.98 Å². The molecule has 2 aromatic carbocycles. The second-order valence-corrected chi connectivity index (χ2v) is 9.18. The molecule has 1 aliphatic carbocycles. The Bertz CT molecular complexity index is 1350. The number of nitrogens with zero attached hydrogens (tertiary/aromatic N) is 3. The highest BCUT2D eigenvalue weighted by Gasteiger charge is 2.32. The molecule has 1 heterocycles. The van der Waals surface area contributed by atoms with Crippen LogP contribution in [-0.4, -0.2) is 33.8 Å². The molecule has 9 nitrogen and oxygen atoms in total. The third-order valence-corrected chi connectivity index (χ3v) is 6.29. The predicted octanol–water partition coefficient (Wildman–Crippen LogP) is 5.22. The van der Waals surface area contributed by atoms with Gasteiger partial charge in [0.05, 0.1) is 16.7 Å². The van der Waals surface area contributed by atoms with Gasteiger partial charge in [0.25, 0.3) is 5.69 Å². The van der Waals surface area contributed by atoms with E-state index in [0.717, 1.165) is 25.7 Å². The number of ether oxygens (including phenoxy) is 1. The Morgan fingerprint density at radius 3 is 2.46 bits per heavy atom. The van der Waals surface area contributed by atoms with Crippen molar-refractivity contribution in [2.24, 2.45) is 11.7 Å². The van der Waals surface area contributed by atoms with Gasteiger partial charge in [0.1, 0.15) is 11.6 Å². The highest BCUT2D eigenvalue weighted by molar-refractivity contribution is 5.57. The van der Waals surface area contributed by atoms with E-state index in [0.29, 0.717) is 29.4 Å². The summed E-state index contributed by atoms with van der Waals surface area (Å²) in [7, 11) is 0. The number of nitrogens with two attached hydrogens (primary N) is 1. The lowest BCUT2D eigenvalue weighted by Crippen LogP contribution is -2.29. The van der Waals surface area contributed by atoms with Crippen LogP contribution in [0.2, 0.25) is 0 Å². The number of hydrogen-bond acceptors (Lipinski definition) is 8. The molecule has 39 heavy (non-hydrogen) atoms. The lowest BCUT2D eigenvalue weighted by molar-refractivity contribution is -0.384. The molecule has 12 heteroatoms. The fourth-order valence-corrected chi connectivity index (χ4v) is 4.18. The Balaban J connectivity index is 1.52. The van der Waals surface area contributed by atoms with E-state index in [9.17, 15) is 23.3 Å². The number of nitrogens with one attached hydrogen (secondary N) is 2. The minimum Gasteiger partial charge on any atom is -0.405 e. The molecule has 0 unspecified atom stereocenters. The van der Waals surface area contributed by atoms with Gasteiger partial charge in [0, 0.05) is 42.4 Å². The van der Waals surface area contributed by atoms with Crippen molar-refractivity contribution in [3.63, 3.8) is 0 Å². The van der Waals surface area contributed by atoms with E-state index >= 15 is 0 Å². The zero-order valence-corrected chi connectivity index (χ0v) is 20.9. The van der Waals surface area contributed by atoms with Crippen molar-refractivity contribution in [3.8, 4) is 17.6 Å². The quantitative estimate of drug-likeness (QED) is 0.201. The number of alkyl halides is 3. The lowest BCUT2D eigenvalue weighted by atomic mass is 9.86. The number of benzene rings is 2. The SMILES string of the molecule is NC1CCC(CNc2nc(NCc3ccccc3OC(F)(F)F)ncc2C#Cc2ccc([N+](=O)[O-])cc2)CC1. The van der Waals surface area contributed by atoms with Gasteiger partial charge in [-0.05, 0) is 49.8 Å². The number of halogens is 3. The predicted molar refractivity (Wildman–Crippen MR) is 140 cm³/mol. The average molecular weight is 541 g/mol. The summed E-state index contributed by atoms with van der Waals surface area (Å²) in [5.74, 6) is 6.75. The monoisotopic (exact) mass is 540 g/mol. The molecule has 0 radical (unpaired) electrons. The Labute approximate surface area is 223 Å². The maximum absolute atomic E-state index is 12.8. The number of anilines is 2.